The highest BCUT2D eigenvalue weighted by Crippen LogP contribution is 2.47. The first-order valence-corrected chi connectivity index (χ1v) is 5.48. The average molecular weight is 201 g/mol. The minimum Gasteiger partial charge on any atom is -0.396 e. The molecule has 0 amide bonds. The quantitative estimate of drug-likeness (QED) is 0.786. The summed E-state index contributed by atoms with van der Waals surface area (Å²) in [4.78, 5) is 3.22. The molecule has 0 unspecified atom stereocenters. The first kappa shape index (κ1) is 8.98. The Morgan fingerprint density at radius 1 is 1.27 bits per heavy atom. The highest BCUT2D eigenvalue weighted by Gasteiger charge is 2.41. The lowest BCUT2D eigenvalue weighted by atomic mass is 9.97. The van der Waals surface area contributed by atoms with Crippen molar-refractivity contribution in [3.8, 4) is 0 Å². The SMILES string of the molecule is OCC1(Cc2ccc3cc[nH]c3c2)CC1. The third-order valence-electron chi connectivity index (χ3n) is 3.49. The number of aliphatic hydroxyl groups excluding tert-OH is 1. The van der Waals surface area contributed by atoms with E-state index in [1.807, 2.05) is 6.20 Å². The lowest BCUT2D eigenvalue weighted by Crippen LogP contribution is -2.09. The van der Waals surface area contributed by atoms with Crippen molar-refractivity contribution in [3.05, 3.63) is 36.0 Å². The van der Waals surface area contributed by atoms with Gasteiger partial charge in [0.25, 0.3) is 0 Å². The summed E-state index contributed by atoms with van der Waals surface area (Å²) in [6.07, 6.45) is 5.32. The summed E-state index contributed by atoms with van der Waals surface area (Å²) < 4.78 is 0. The second kappa shape index (κ2) is 3.11. The van der Waals surface area contributed by atoms with Gasteiger partial charge in [-0.1, -0.05) is 12.1 Å². The minimum absolute atomic E-state index is 0.209. The van der Waals surface area contributed by atoms with Crippen molar-refractivity contribution in [1.82, 2.24) is 4.98 Å². The van der Waals surface area contributed by atoms with Crippen LogP contribution in [0.5, 0.6) is 0 Å². The molecule has 0 spiro atoms. The number of hydrogen-bond donors (Lipinski definition) is 2. The molecule has 1 heterocycles. The first-order valence-electron chi connectivity index (χ1n) is 5.48. The topological polar surface area (TPSA) is 36.0 Å². The standard InChI is InChI=1S/C13H15NO/c15-9-13(4-5-13)8-10-1-2-11-3-6-14-12(11)7-10/h1-3,6-7,14-15H,4-5,8-9H2. The zero-order chi connectivity index (χ0) is 10.3. The molecule has 78 valence electrons. The van der Waals surface area contributed by atoms with Gasteiger partial charge in [0, 0.05) is 18.3 Å². The van der Waals surface area contributed by atoms with Crippen LogP contribution in [0.1, 0.15) is 18.4 Å². The van der Waals surface area contributed by atoms with E-state index in [-0.39, 0.29) is 5.41 Å². The van der Waals surface area contributed by atoms with Gasteiger partial charge >= 0.3 is 0 Å². The summed E-state index contributed by atoms with van der Waals surface area (Å²) in [5.74, 6) is 0. The van der Waals surface area contributed by atoms with Crippen molar-refractivity contribution in [2.24, 2.45) is 5.41 Å². The second-order valence-corrected chi connectivity index (χ2v) is 4.73. The fourth-order valence-corrected chi connectivity index (χ4v) is 2.21. The molecular weight excluding hydrogens is 186 g/mol. The molecule has 0 radical (unpaired) electrons. The van der Waals surface area contributed by atoms with Crippen LogP contribution in [0, 0.1) is 5.41 Å². The van der Waals surface area contributed by atoms with Crippen LogP contribution < -0.4 is 0 Å². The van der Waals surface area contributed by atoms with Crippen molar-refractivity contribution in [2.75, 3.05) is 6.61 Å². The Kier molecular flexibility index (Phi) is 1.86. The fraction of sp³-hybridized carbons (Fsp3) is 0.385. The van der Waals surface area contributed by atoms with Crippen LogP contribution in [-0.4, -0.2) is 16.7 Å². The molecule has 2 heteroatoms. The molecule has 0 aliphatic heterocycles. The number of rotatable bonds is 3. The van der Waals surface area contributed by atoms with Gasteiger partial charge in [-0.25, -0.2) is 0 Å². The number of aromatic amines is 1. The molecule has 1 aliphatic rings. The molecule has 1 aromatic heterocycles. The zero-order valence-electron chi connectivity index (χ0n) is 8.66. The molecule has 0 atom stereocenters. The predicted molar refractivity (Wildman–Crippen MR) is 60.8 cm³/mol. The van der Waals surface area contributed by atoms with Gasteiger partial charge < -0.3 is 10.1 Å². The van der Waals surface area contributed by atoms with E-state index in [0.29, 0.717) is 6.61 Å². The molecule has 2 aromatic rings. The Labute approximate surface area is 88.9 Å². The largest absolute Gasteiger partial charge is 0.396 e. The third-order valence-corrected chi connectivity index (χ3v) is 3.49. The van der Waals surface area contributed by atoms with E-state index in [1.165, 1.54) is 29.3 Å². The van der Waals surface area contributed by atoms with Crippen molar-refractivity contribution < 1.29 is 5.11 Å². The Balaban J connectivity index is 1.91. The first-order chi connectivity index (χ1) is 7.31. The fourth-order valence-electron chi connectivity index (χ4n) is 2.21. The monoisotopic (exact) mass is 201 g/mol. The summed E-state index contributed by atoms with van der Waals surface area (Å²) in [7, 11) is 0. The summed E-state index contributed by atoms with van der Waals surface area (Å²) in [6.45, 7) is 0.329. The number of benzene rings is 1. The maximum Gasteiger partial charge on any atom is 0.0490 e. The van der Waals surface area contributed by atoms with Crippen molar-refractivity contribution in [1.29, 1.82) is 0 Å². The smallest absolute Gasteiger partial charge is 0.0490 e. The van der Waals surface area contributed by atoms with Gasteiger partial charge in [0.05, 0.1) is 0 Å². The maximum atomic E-state index is 9.28. The molecule has 0 saturated heterocycles. The van der Waals surface area contributed by atoms with Gasteiger partial charge in [0.2, 0.25) is 0 Å². The summed E-state index contributed by atoms with van der Waals surface area (Å²) >= 11 is 0. The second-order valence-electron chi connectivity index (χ2n) is 4.73. The van der Waals surface area contributed by atoms with Gasteiger partial charge in [0.1, 0.15) is 0 Å². The van der Waals surface area contributed by atoms with E-state index >= 15 is 0 Å². The normalized spacial score (nSPS) is 18.2. The minimum atomic E-state index is 0.209. The average Bonchev–Trinajstić information content (AvgIpc) is 2.88. The van der Waals surface area contributed by atoms with Gasteiger partial charge in [-0.2, -0.15) is 0 Å². The molecule has 15 heavy (non-hydrogen) atoms. The Morgan fingerprint density at radius 2 is 2.13 bits per heavy atom. The van der Waals surface area contributed by atoms with Crippen LogP contribution in [0.2, 0.25) is 0 Å². The van der Waals surface area contributed by atoms with Gasteiger partial charge in [-0.15, -0.1) is 0 Å². The molecule has 0 bridgehead atoms. The number of aliphatic hydroxyl groups is 1. The number of fused-ring (bicyclic) bond motifs is 1. The molecule has 1 aliphatic carbocycles. The number of nitrogens with one attached hydrogen (secondary N) is 1. The highest BCUT2D eigenvalue weighted by atomic mass is 16.3. The van der Waals surface area contributed by atoms with Crippen LogP contribution in [0.15, 0.2) is 30.5 Å². The van der Waals surface area contributed by atoms with Crippen LogP contribution in [0.3, 0.4) is 0 Å². The van der Waals surface area contributed by atoms with E-state index in [1.54, 1.807) is 0 Å². The molecule has 1 saturated carbocycles. The number of aromatic nitrogens is 1. The zero-order valence-corrected chi connectivity index (χ0v) is 8.66. The molecule has 2 N–H and O–H groups in total. The van der Waals surface area contributed by atoms with E-state index in [2.05, 4.69) is 29.2 Å². The van der Waals surface area contributed by atoms with Crippen LogP contribution in [-0.2, 0) is 6.42 Å². The van der Waals surface area contributed by atoms with E-state index in [0.717, 1.165) is 6.42 Å². The van der Waals surface area contributed by atoms with Gasteiger partial charge in [-0.05, 0) is 47.8 Å². The summed E-state index contributed by atoms with van der Waals surface area (Å²) in [5, 5.41) is 10.5. The number of H-pyrrole nitrogens is 1. The summed E-state index contributed by atoms with van der Waals surface area (Å²) in [5.41, 5.74) is 2.73. The predicted octanol–water partition coefficient (Wildman–Crippen LogP) is 2.48. The Hall–Kier alpha value is -1.28. The third kappa shape index (κ3) is 1.55. The van der Waals surface area contributed by atoms with E-state index < -0.39 is 0 Å². The maximum absolute atomic E-state index is 9.28. The Bertz CT molecular complexity index is 482. The highest BCUT2D eigenvalue weighted by molar-refractivity contribution is 5.79. The van der Waals surface area contributed by atoms with E-state index in [4.69, 9.17) is 0 Å². The van der Waals surface area contributed by atoms with Crippen molar-refractivity contribution >= 4 is 10.9 Å². The van der Waals surface area contributed by atoms with Crippen molar-refractivity contribution in [2.45, 2.75) is 19.3 Å². The van der Waals surface area contributed by atoms with Crippen LogP contribution >= 0.6 is 0 Å². The lowest BCUT2D eigenvalue weighted by molar-refractivity contribution is 0.211. The number of hydrogen-bond acceptors (Lipinski definition) is 1. The lowest BCUT2D eigenvalue weighted by Gasteiger charge is -2.11. The van der Waals surface area contributed by atoms with Gasteiger partial charge in [0.15, 0.2) is 0 Å². The molecule has 3 rings (SSSR count). The molecule has 2 nitrogen and oxygen atoms in total. The van der Waals surface area contributed by atoms with Crippen LogP contribution in [0.4, 0.5) is 0 Å². The van der Waals surface area contributed by atoms with Gasteiger partial charge in [-0.3, -0.25) is 0 Å². The summed E-state index contributed by atoms with van der Waals surface area (Å²) in [6, 6.07) is 8.60. The molecular formula is C13H15NO. The molecule has 1 aromatic carbocycles. The van der Waals surface area contributed by atoms with E-state index in [9.17, 15) is 5.11 Å². The Morgan fingerprint density at radius 3 is 2.87 bits per heavy atom. The van der Waals surface area contributed by atoms with Crippen LogP contribution in [0.25, 0.3) is 10.9 Å². The molecule has 1 fully saturated rings. The van der Waals surface area contributed by atoms with Crippen molar-refractivity contribution in [3.63, 3.8) is 0 Å².